The van der Waals surface area contributed by atoms with Gasteiger partial charge in [-0.1, -0.05) is 45.0 Å². The molecule has 0 amide bonds. The molecule has 1 aliphatic heterocycles. The summed E-state index contributed by atoms with van der Waals surface area (Å²) >= 11 is 6.07. The monoisotopic (exact) mass is 353 g/mol. The molecule has 0 bridgehead atoms. The zero-order valence-corrected chi connectivity index (χ0v) is 15.7. The topological polar surface area (TPSA) is 65.9 Å². The number of nitrogens with one attached hydrogen (secondary N) is 2. The molecule has 2 rings (SSSR count). The highest BCUT2D eigenvalue weighted by atomic mass is 35.5. The molecule has 0 spiro atoms. The highest BCUT2D eigenvalue weighted by molar-refractivity contribution is 6.31. The fourth-order valence-corrected chi connectivity index (χ4v) is 3.10. The van der Waals surface area contributed by atoms with Crippen LogP contribution in [0, 0.1) is 5.41 Å². The summed E-state index contributed by atoms with van der Waals surface area (Å²) in [4.78, 5) is 0. The molecule has 1 heterocycles. The Kier molecular flexibility index (Phi) is 5.78. The van der Waals surface area contributed by atoms with E-state index in [1.165, 1.54) is 0 Å². The number of hydrazone groups is 1. The molecule has 1 aliphatic carbocycles. The van der Waals surface area contributed by atoms with Crippen molar-refractivity contribution in [2.45, 2.75) is 58.8 Å². The number of aliphatic hydroxyl groups is 1. The maximum absolute atomic E-state index is 9.88. The summed E-state index contributed by atoms with van der Waals surface area (Å²) in [5, 5.41) is 17.8. The van der Waals surface area contributed by atoms with Crippen molar-refractivity contribution in [3.05, 3.63) is 35.1 Å². The Morgan fingerprint density at radius 1 is 1.50 bits per heavy atom. The van der Waals surface area contributed by atoms with Gasteiger partial charge in [0.25, 0.3) is 0 Å². The molecule has 134 valence electrons. The van der Waals surface area contributed by atoms with Crippen LogP contribution in [0.15, 0.2) is 40.2 Å². The van der Waals surface area contributed by atoms with Crippen LogP contribution < -0.4 is 10.7 Å². The second-order valence-electron chi connectivity index (χ2n) is 7.63. The van der Waals surface area contributed by atoms with Gasteiger partial charge in [-0.15, -0.1) is 0 Å². The van der Waals surface area contributed by atoms with Gasteiger partial charge in [-0.05, 0) is 43.3 Å². The van der Waals surface area contributed by atoms with E-state index in [9.17, 15) is 5.11 Å². The fraction of sp³-hybridized carbons (Fsp3) is 0.611. The van der Waals surface area contributed by atoms with Crippen molar-refractivity contribution in [1.29, 1.82) is 0 Å². The molecule has 0 aromatic rings. The lowest BCUT2D eigenvalue weighted by atomic mass is 9.86. The van der Waals surface area contributed by atoms with Gasteiger partial charge in [0.05, 0.1) is 22.9 Å². The number of aliphatic hydroxyl groups excluding tert-OH is 1. The third-order valence-electron chi connectivity index (χ3n) is 4.25. The van der Waals surface area contributed by atoms with Gasteiger partial charge < -0.3 is 9.84 Å². The summed E-state index contributed by atoms with van der Waals surface area (Å²) in [5.74, 6) is 0.563. The van der Waals surface area contributed by atoms with Crippen LogP contribution in [-0.2, 0) is 4.74 Å². The quantitative estimate of drug-likeness (QED) is 0.523. The molecule has 0 aromatic heterocycles. The lowest BCUT2D eigenvalue weighted by Gasteiger charge is -2.38. The second kappa shape index (κ2) is 7.30. The van der Waals surface area contributed by atoms with Gasteiger partial charge in [-0.25, -0.2) is 0 Å². The first-order chi connectivity index (χ1) is 11.1. The minimum Gasteiger partial charge on any atom is -0.492 e. The van der Waals surface area contributed by atoms with Crippen molar-refractivity contribution in [3.63, 3.8) is 0 Å². The Hall–Kier alpha value is -1.30. The minimum atomic E-state index is -0.848. The van der Waals surface area contributed by atoms with Gasteiger partial charge >= 0.3 is 0 Å². The molecule has 2 aliphatic rings. The van der Waals surface area contributed by atoms with Crippen LogP contribution in [0.5, 0.6) is 0 Å². The Labute approximate surface area is 149 Å². The number of rotatable bonds is 5. The van der Waals surface area contributed by atoms with Crippen molar-refractivity contribution in [2.24, 2.45) is 10.5 Å². The van der Waals surface area contributed by atoms with Crippen molar-refractivity contribution in [1.82, 2.24) is 10.7 Å². The first-order valence-electron chi connectivity index (χ1n) is 8.29. The Morgan fingerprint density at radius 2 is 2.21 bits per heavy atom. The summed E-state index contributed by atoms with van der Waals surface area (Å²) in [5.41, 5.74) is 4.41. The van der Waals surface area contributed by atoms with Crippen LogP contribution in [0.4, 0.5) is 0 Å². The molecule has 1 unspecified atom stereocenters. The lowest BCUT2D eigenvalue weighted by molar-refractivity contribution is 0.0764. The van der Waals surface area contributed by atoms with E-state index in [1.807, 2.05) is 19.1 Å². The first kappa shape index (κ1) is 19.0. The highest BCUT2D eigenvalue weighted by Gasteiger charge is 2.44. The fourth-order valence-electron chi connectivity index (χ4n) is 2.98. The third-order valence-corrected chi connectivity index (χ3v) is 4.44. The molecule has 0 radical (unpaired) electrons. The smallest absolute Gasteiger partial charge is 0.197 e. The normalized spacial score (nSPS) is 28.1. The Balaban J connectivity index is 2.22. The zero-order valence-electron chi connectivity index (χ0n) is 14.9. The van der Waals surface area contributed by atoms with E-state index in [-0.39, 0.29) is 5.41 Å². The van der Waals surface area contributed by atoms with E-state index >= 15 is 0 Å². The number of halogens is 1. The molecule has 24 heavy (non-hydrogen) atoms. The molecule has 5 nitrogen and oxygen atoms in total. The standard InChI is InChI=1S/C18H28ClN3O2/c1-12(8-9-14(13(2)19)24-11-17(3,4)5)18-10-6-7-15(18)21-22-16(23)20-18/h8-9,16,20,22-23H,2,6-7,10-11H2,1,3-5H3/b12-8+,14-9+/t16?,18-/m0/s1. The summed E-state index contributed by atoms with van der Waals surface area (Å²) in [6, 6.07) is 0. The van der Waals surface area contributed by atoms with E-state index in [0.29, 0.717) is 17.4 Å². The summed E-state index contributed by atoms with van der Waals surface area (Å²) in [6.07, 6.45) is 5.82. The van der Waals surface area contributed by atoms with Gasteiger partial charge in [-0.2, -0.15) is 5.10 Å². The predicted octanol–water partition coefficient (Wildman–Crippen LogP) is 3.38. The average molecular weight is 354 g/mol. The molecular weight excluding hydrogens is 326 g/mol. The van der Waals surface area contributed by atoms with E-state index in [0.717, 1.165) is 30.5 Å². The number of fused-ring (bicyclic) bond motifs is 1. The van der Waals surface area contributed by atoms with Crippen molar-refractivity contribution >= 4 is 17.3 Å². The molecule has 1 saturated carbocycles. The van der Waals surface area contributed by atoms with Crippen LogP contribution in [-0.4, -0.2) is 29.3 Å². The second-order valence-corrected chi connectivity index (χ2v) is 8.08. The van der Waals surface area contributed by atoms with Gasteiger partial charge in [-0.3, -0.25) is 10.7 Å². The average Bonchev–Trinajstić information content (AvgIpc) is 2.89. The molecule has 6 heteroatoms. The zero-order chi connectivity index (χ0) is 18.0. The molecular formula is C18H28ClN3O2. The highest BCUT2D eigenvalue weighted by Crippen LogP contribution is 2.35. The summed E-state index contributed by atoms with van der Waals surface area (Å²) in [6.45, 7) is 12.7. The first-order valence-corrected chi connectivity index (χ1v) is 8.67. The molecule has 1 fully saturated rings. The van der Waals surface area contributed by atoms with E-state index in [4.69, 9.17) is 16.3 Å². The number of ether oxygens (including phenoxy) is 1. The Morgan fingerprint density at radius 3 is 2.83 bits per heavy atom. The molecule has 0 saturated heterocycles. The van der Waals surface area contributed by atoms with Crippen molar-refractivity contribution < 1.29 is 9.84 Å². The molecule has 0 aromatic carbocycles. The van der Waals surface area contributed by atoms with Crippen LogP contribution in [0.3, 0.4) is 0 Å². The third kappa shape index (κ3) is 4.41. The van der Waals surface area contributed by atoms with Gasteiger partial charge in [0.2, 0.25) is 0 Å². The number of hydrogen-bond acceptors (Lipinski definition) is 5. The summed E-state index contributed by atoms with van der Waals surface area (Å²) < 4.78 is 5.81. The SMILES string of the molecule is C=C(Cl)/C(=C\C=C(/C)[C@@]12CCCC1=NNC(O)N2)OCC(C)(C)C. The predicted molar refractivity (Wildman–Crippen MR) is 98.5 cm³/mol. The minimum absolute atomic E-state index is 0.0366. The summed E-state index contributed by atoms with van der Waals surface area (Å²) in [7, 11) is 0. The van der Waals surface area contributed by atoms with Crippen molar-refractivity contribution in [2.75, 3.05) is 6.61 Å². The number of nitrogens with zero attached hydrogens (tertiary/aromatic N) is 1. The van der Waals surface area contributed by atoms with Crippen LogP contribution in [0.2, 0.25) is 0 Å². The van der Waals surface area contributed by atoms with Crippen molar-refractivity contribution in [3.8, 4) is 0 Å². The van der Waals surface area contributed by atoms with Crippen LogP contribution in [0.1, 0.15) is 47.0 Å². The largest absolute Gasteiger partial charge is 0.492 e. The van der Waals surface area contributed by atoms with Gasteiger partial charge in [0, 0.05) is 0 Å². The maximum atomic E-state index is 9.88. The molecule has 2 atom stereocenters. The van der Waals surface area contributed by atoms with Gasteiger partial charge in [0.1, 0.15) is 5.76 Å². The van der Waals surface area contributed by atoms with Gasteiger partial charge in [0.15, 0.2) is 6.35 Å². The number of hydrogen-bond donors (Lipinski definition) is 3. The maximum Gasteiger partial charge on any atom is 0.197 e. The Bertz CT molecular complexity index is 590. The molecule has 3 N–H and O–H groups in total. The van der Waals surface area contributed by atoms with E-state index < -0.39 is 11.9 Å². The van der Waals surface area contributed by atoms with Crippen LogP contribution in [0.25, 0.3) is 0 Å². The van der Waals surface area contributed by atoms with Crippen LogP contribution >= 0.6 is 11.6 Å². The number of allylic oxidation sites excluding steroid dienone is 3. The van der Waals surface area contributed by atoms with E-state index in [2.05, 4.69) is 43.2 Å². The van der Waals surface area contributed by atoms with E-state index in [1.54, 1.807) is 0 Å². The lowest BCUT2D eigenvalue weighted by Crippen LogP contribution is -2.61.